The van der Waals surface area contributed by atoms with E-state index in [9.17, 15) is 4.39 Å². The minimum atomic E-state index is -0.557. The first kappa shape index (κ1) is 21.3. The molecule has 4 nitrogen and oxygen atoms in total. The molecular weight excluding hydrogens is 393 g/mol. The van der Waals surface area contributed by atoms with Crippen LogP contribution in [0.5, 0.6) is 5.75 Å². The average molecular weight is 422 g/mol. The Bertz CT molecular complexity index is 1020. The summed E-state index contributed by atoms with van der Waals surface area (Å²) in [6.45, 7) is 5.04. The summed E-state index contributed by atoms with van der Waals surface area (Å²) in [4.78, 5) is 0. The molecule has 0 saturated carbocycles. The van der Waals surface area contributed by atoms with Gasteiger partial charge in [0.25, 0.3) is 0 Å². The highest BCUT2D eigenvalue weighted by atomic mass is 19.1. The van der Waals surface area contributed by atoms with E-state index < -0.39 is 5.60 Å². The maximum Gasteiger partial charge on any atom is 0.132 e. The Morgan fingerprint density at radius 1 is 0.968 bits per heavy atom. The zero-order valence-corrected chi connectivity index (χ0v) is 18.1. The fourth-order valence-electron chi connectivity index (χ4n) is 3.99. The number of methoxy groups -OCH3 is 1. The lowest BCUT2D eigenvalue weighted by atomic mass is 9.88. The number of halogens is 1. The maximum absolute atomic E-state index is 13.5. The highest BCUT2D eigenvalue weighted by Crippen LogP contribution is 2.44. The van der Waals surface area contributed by atoms with Crippen LogP contribution in [-0.4, -0.2) is 18.8 Å². The van der Waals surface area contributed by atoms with Crippen LogP contribution >= 0.6 is 0 Å². The summed E-state index contributed by atoms with van der Waals surface area (Å²) in [5.74, 6) is 0.547. The van der Waals surface area contributed by atoms with Gasteiger partial charge in [-0.15, -0.1) is 0 Å². The fourth-order valence-corrected chi connectivity index (χ4v) is 3.99. The number of hydrogen-bond acceptors (Lipinski definition) is 4. The lowest BCUT2D eigenvalue weighted by molar-refractivity contribution is -0.159. The van der Waals surface area contributed by atoms with Gasteiger partial charge in [0.05, 0.1) is 6.61 Å². The minimum absolute atomic E-state index is 0.238. The smallest absolute Gasteiger partial charge is 0.132 e. The second kappa shape index (κ2) is 9.08. The molecule has 0 saturated heterocycles. The number of nitrogens with one attached hydrogen (secondary N) is 1. The summed E-state index contributed by atoms with van der Waals surface area (Å²) >= 11 is 0. The molecule has 3 aromatic rings. The van der Waals surface area contributed by atoms with E-state index in [1.54, 1.807) is 13.2 Å². The molecule has 2 unspecified atom stereocenters. The summed E-state index contributed by atoms with van der Waals surface area (Å²) < 4.78 is 32.0. The molecule has 0 spiro atoms. The monoisotopic (exact) mass is 421 g/mol. The normalized spacial score (nSPS) is 19.4. The van der Waals surface area contributed by atoms with Crippen LogP contribution in [0, 0.1) is 5.82 Å². The zero-order chi connectivity index (χ0) is 21.8. The summed E-state index contributed by atoms with van der Waals surface area (Å²) in [5.41, 5.74) is 3.27. The molecule has 31 heavy (non-hydrogen) atoms. The summed E-state index contributed by atoms with van der Waals surface area (Å²) in [6.07, 6.45) is -0.568. The molecule has 1 N–H and O–H groups in total. The first-order chi connectivity index (χ1) is 15.0. The lowest BCUT2D eigenvalue weighted by Crippen LogP contribution is -2.50. The Morgan fingerprint density at radius 2 is 1.74 bits per heavy atom. The second-order valence-electron chi connectivity index (χ2n) is 8.32. The van der Waals surface area contributed by atoms with E-state index in [0.717, 1.165) is 28.1 Å². The van der Waals surface area contributed by atoms with Crippen LogP contribution in [0.1, 0.15) is 36.6 Å². The van der Waals surface area contributed by atoms with Gasteiger partial charge < -0.3 is 19.5 Å². The van der Waals surface area contributed by atoms with Gasteiger partial charge in [0.2, 0.25) is 0 Å². The van der Waals surface area contributed by atoms with Crippen molar-refractivity contribution in [3.05, 3.63) is 95.3 Å². The fraction of sp³-hybridized carbons (Fsp3) is 0.308. The molecule has 1 aliphatic rings. The largest absolute Gasteiger partial charge is 0.485 e. The zero-order valence-electron chi connectivity index (χ0n) is 18.1. The third kappa shape index (κ3) is 4.89. The van der Waals surface area contributed by atoms with Gasteiger partial charge in [-0.2, -0.15) is 0 Å². The van der Waals surface area contributed by atoms with Crippen LogP contribution in [0.25, 0.3) is 0 Å². The number of rotatable bonds is 7. The van der Waals surface area contributed by atoms with E-state index in [2.05, 4.69) is 5.32 Å². The molecule has 0 amide bonds. The van der Waals surface area contributed by atoms with Gasteiger partial charge in [-0.3, -0.25) is 0 Å². The quantitative estimate of drug-likeness (QED) is 0.517. The summed E-state index contributed by atoms with van der Waals surface area (Å²) in [7, 11) is 1.70. The molecule has 3 aromatic carbocycles. The predicted octanol–water partition coefficient (Wildman–Crippen LogP) is 5.88. The van der Waals surface area contributed by atoms with Crippen molar-refractivity contribution in [2.24, 2.45) is 0 Å². The van der Waals surface area contributed by atoms with Crippen molar-refractivity contribution in [3.63, 3.8) is 0 Å². The minimum Gasteiger partial charge on any atom is -0.485 e. The number of fused-ring (bicyclic) bond motifs is 1. The van der Waals surface area contributed by atoms with Gasteiger partial charge in [0.1, 0.15) is 29.4 Å². The summed E-state index contributed by atoms with van der Waals surface area (Å²) in [6, 6.07) is 22.6. The molecule has 0 fully saturated rings. The van der Waals surface area contributed by atoms with Crippen molar-refractivity contribution in [3.8, 4) is 5.75 Å². The Morgan fingerprint density at radius 3 is 2.48 bits per heavy atom. The van der Waals surface area contributed by atoms with Gasteiger partial charge in [-0.05, 0) is 55.3 Å². The predicted molar refractivity (Wildman–Crippen MR) is 120 cm³/mol. The first-order valence-corrected chi connectivity index (χ1v) is 10.5. The lowest BCUT2D eigenvalue weighted by Gasteiger charge is -2.44. The van der Waals surface area contributed by atoms with Crippen molar-refractivity contribution < 1.29 is 18.6 Å². The SMILES string of the molecule is COC1c2cc(NCc3cccc(F)c3)ccc2OC(C)(C)C1OCc1ccccc1. The van der Waals surface area contributed by atoms with Gasteiger partial charge >= 0.3 is 0 Å². The third-order valence-corrected chi connectivity index (χ3v) is 5.56. The van der Waals surface area contributed by atoms with Crippen molar-refractivity contribution in [2.75, 3.05) is 12.4 Å². The Kier molecular flexibility index (Phi) is 6.25. The van der Waals surface area contributed by atoms with Crippen molar-refractivity contribution >= 4 is 5.69 Å². The van der Waals surface area contributed by atoms with E-state index in [1.807, 2.05) is 68.4 Å². The van der Waals surface area contributed by atoms with E-state index in [-0.39, 0.29) is 18.0 Å². The van der Waals surface area contributed by atoms with Crippen molar-refractivity contribution in [1.82, 2.24) is 0 Å². The van der Waals surface area contributed by atoms with E-state index >= 15 is 0 Å². The van der Waals surface area contributed by atoms with Crippen LogP contribution in [-0.2, 0) is 22.6 Å². The second-order valence-corrected chi connectivity index (χ2v) is 8.32. The number of ether oxygens (including phenoxy) is 3. The topological polar surface area (TPSA) is 39.7 Å². The van der Waals surface area contributed by atoms with Gasteiger partial charge in [0, 0.05) is 24.9 Å². The van der Waals surface area contributed by atoms with Gasteiger partial charge in [0.15, 0.2) is 0 Å². The molecule has 4 rings (SSSR count). The van der Waals surface area contributed by atoms with Gasteiger partial charge in [-0.25, -0.2) is 4.39 Å². The molecule has 1 heterocycles. The maximum atomic E-state index is 13.5. The number of anilines is 1. The standard InChI is InChI=1S/C26H28FNO3/c1-26(2)25(30-17-18-8-5-4-6-9-18)24(29-3)22-15-21(12-13-23(22)31-26)28-16-19-10-7-11-20(27)14-19/h4-15,24-25,28H,16-17H2,1-3H3. The number of hydrogen-bond donors (Lipinski definition) is 1. The van der Waals surface area contributed by atoms with Gasteiger partial charge in [-0.1, -0.05) is 42.5 Å². The molecule has 0 aliphatic carbocycles. The third-order valence-electron chi connectivity index (χ3n) is 5.56. The van der Waals surface area contributed by atoms with Crippen LogP contribution in [0.3, 0.4) is 0 Å². The van der Waals surface area contributed by atoms with Crippen LogP contribution in [0.2, 0.25) is 0 Å². The van der Waals surface area contributed by atoms with Crippen LogP contribution in [0.15, 0.2) is 72.8 Å². The molecular formula is C26H28FNO3. The average Bonchev–Trinajstić information content (AvgIpc) is 2.76. The highest BCUT2D eigenvalue weighted by Gasteiger charge is 2.45. The molecule has 2 atom stereocenters. The van der Waals surface area contributed by atoms with E-state index in [4.69, 9.17) is 14.2 Å². The Balaban J connectivity index is 1.54. The summed E-state index contributed by atoms with van der Waals surface area (Å²) in [5, 5.41) is 3.36. The molecule has 5 heteroatoms. The Labute approximate surface area is 183 Å². The highest BCUT2D eigenvalue weighted by molar-refractivity contribution is 5.53. The van der Waals surface area contributed by atoms with Crippen LogP contribution in [0.4, 0.5) is 10.1 Å². The molecule has 0 radical (unpaired) electrons. The Hall–Kier alpha value is -2.89. The van der Waals surface area contributed by atoms with Crippen molar-refractivity contribution in [2.45, 2.75) is 44.8 Å². The van der Waals surface area contributed by atoms with Crippen LogP contribution < -0.4 is 10.1 Å². The van der Waals surface area contributed by atoms with E-state index in [0.29, 0.717) is 13.2 Å². The molecule has 0 aromatic heterocycles. The molecule has 162 valence electrons. The van der Waals surface area contributed by atoms with Crippen molar-refractivity contribution in [1.29, 1.82) is 0 Å². The first-order valence-electron chi connectivity index (χ1n) is 10.5. The molecule has 0 bridgehead atoms. The van der Waals surface area contributed by atoms with E-state index in [1.165, 1.54) is 12.1 Å². The molecule has 1 aliphatic heterocycles. The number of benzene rings is 3.